The monoisotopic (exact) mass is 538 g/mol. The number of benzene rings is 3. The third kappa shape index (κ3) is 5.89. The van der Waals surface area contributed by atoms with Gasteiger partial charge in [0.2, 0.25) is 0 Å². The van der Waals surface area contributed by atoms with Crippen LogP contribution in [0.1, 0.15) is 52.6 Å². The van der Waals surface area contributed by atoms with Crippen LogP contribution in [0.3, 0.4) is 0 Å². The highest BCUT2D eigenvalue weighted by Gasteiger charge is 2.21. The number of ether oxygens (including phenoxy) is 1. The van der Waals surface area contributed by atoms with Crippen LogP contribution in [-0.4, -0.2) is 33.1 Å². The van der Waals surface area contributed by atoms with Gasteiger partial charge in [-0.15, -0.1) is 5.10 Å². The van der Waals surface area contributed by atoms with E-state index in [0.29, 0.717) is 28.0 Å². The molecule has 0 saturated carbocycles. The predicted molar refractivity (Wildman–Crippen MR) is 146 cm³/mol. The predicted octanol–water partition coefficient (Wildman–Crippen LogP) is 6.92. The van der Waals surface area contributed by atoms with Gasteiger partial charge in [0.1, 0.15) is 23.7 Å². The van der Waals surface area contributed by atoms with Crippen molar-refractivity contribution in [1.82, 2.24) is 15.0 Å². The molecule has 0 fully saturated rings. The number of aromatic carboxylic acids is 1. The van der Waals surface area contributed by atoms with Crippen molar-refractivity contribution in [3.8, 4) is 11.4 Å². The van der Waals surface area contributed by atoms with E-state index >= 15 is 0 Å². The van der Waals surface area contributed by atoms with Gasteiger partial charge in [0.15, 0.2) is 0 Å². The number of hydrogen-bond donors (Lipinski definition) is 1. The maximum atomic E-state index is 11.3. The Morgan fingerprint density at radius 1 is 1.08 bits per heavy atom. The lowest BCUT2D eigenvalue weighted by atomic mass is 10.1. The first kappa shape index (κ1) is 26.5. The van der Waals surface area contributed by atoms with Crippen LogP contribution in [0.25, 0.3) is 5.69 Å². The fourth-order valence-corrected chi connectivity index (χ4v) is 4.78. The molecule has 0 atom stereocenters. The van der Waals surface area contributed by atoms with Crippen LogP contribution in [0.4, 0.5) is 5.69 Å². The Morgan fingerprint density at radius 3 is 2.43 bits per heavy atom. The van der Waals surface area contributed by atoms with Crippen molar-refractivity contribution in [1.29, 1.82) is 0 Å². The number of aromatic nitrogens is 3. The number of halogens is 2. The van der Waals surface area contributed by atoms with Crippen LogP contribution >= 0.6 is 23.2 Å². The van der Waals surface area contributed by atoms with E-state index in [1.165, 1.54) is 0 Å². The van der Waals surface area contributed by atoms with Crippen molar-refractivity contribution in [2.24, 2.45) is 0 Å². The summed E-state index contributed by atoms with van der Waals surface area (Å²) in [5, 5.41) is 18.9. The quantitative estimate of drug-likeness (QED) is 0.249. The van der Waals surface area contributed by atoms with Gasteiger partial charge < -0.3 is 14.7 Å². The van der Waals surface area contributed by atoms with E-state index in [9.17, 15) is 9.90 Å². The van der Waals surface area contributed by atoms with Crippen molar-refractivity contribution in [2.75, 3.05) is 11.9 Å². The molecular weight excluding hydrogens is 511 g/mol. The van der Waals surface area contributed by atoms with Gasteiger partial charge in [-0.25, -0.2) is 9.48 Å². The molecule has 9 heteroatoms. The van der Waals surface area contributed by atoms with E-state index < -0.39 is 5.97 Å². The molecule has 37 heavy (non-hydrogen) atoms. The fourth-order valence-electron chi connectivity index (χ4n) is 4.23. The van der Waals surface area contributed by atoms with Gasteiger partial charge in [0, 0.05) is 19.3 Å². The van der Waals surface area contributed by atoms with E-state index in [0.717, 1.165) is 28.2 Å². The van der Waals surface area contributed by atoms with Gasteiger partial charge in [0.25, 0.3) is 0 Å². The van der Waals surface area contributed by atoms with Gasteiger partial charge in [-0.1, -0.05) is 60.5 Å². The topological polar surface area (TPSA) is 80.5 Å². The van der Waals surface area contributed by atoms with E-state index in [2.05, 4.69) is 15.2 Å². The first-order valence-corrected chi connectivity index (χ1v) is 12.6. The zero-order valence-electron chi connectivity index (χ0n) is 21.1. The minimum atomic E-state index is -0.934. The number of carbonyl (C=O) groups is 1. The normalized spacial score (nSPS) is 11.1. The first-order chi connectivity index (χ1) is 17.7. The van der Waals surface area contributed by atoms with Crippen molar-refractivity contribution in [3.63, 3.8) is 0 Å². The molecule has 1 heterocycles. The van der Waals surface area contributed by atoms with Crippen LogP contribution < -0.4 is 9.64 Å². The molecule has 3 aromatic carbocycles. The summed E-state index contributed by atoms with van der Waals surface area (Å²) >= 11 is 12.9. The summed E-state index contributed by atoms with van der Waals surface area (Å²) in [6, 6.07) is 18.2. The molecule has 7 nitrogen and oxygen atoms in total. The average molecular weight is 539 g/mol. The summed E-state index contributed by atoms with van der Waals surface area (Å²) in [4.78, 5) is 13.4. The van der Waals surface area contributed by atoms with E-state index in [1.807, 2.05) is 52.1 Å². The number of rotatable bonds is 9. The molecule has 0 spiro atoms. The molecule has 0 saturated heterocycles. The maximum Gasteiger partial charge on any atom is 0.335 e. The second kappa shape index (κ2) is 11.2. The van der Waals surface area contributed by atoms with Gasteiger partial charge in [-0.05, 0) is 66.4 Å². The number of aryl methyl sites for hydroxylation is 1. The lowest BCUT2D eigenvalue weighted by molar-refractivity contribution is 0.0696. The lowest BCUT2D eigenvalue weighted by Gasteiger charge is -2.22. The Kier molecular flexibility index (Phi) is 8.05. The molecule has 0 radical (unpaired) electrons. The summed E-state index contributed by atoms with van der Waals surface area (Å²) in [5.41, 5.74) is 5.41. The Balaban J connectivity index is 1.54. The van der Waals surface area contributed by atoms with Crippen molar-refractivity contribution >= 4 is 34.9 Å². The summed E-state index contributed by atoms with van der Waals surface area (Å²) < 4.78 is 7.84. The number of carboxylic acids is 1. The Morgan fingerprint density at radius 2 is 1.78 bits per heavy atom. The Labute approximate surface area is 226 Å². The van der Waals surface area contributed by atoms with Crippen LogP contribution in [0.2, 0.25) is 10.0 Å². The van der Waals surface area contributed by atoms with Gasteiger partial charge in [-0.2, -0.15) is 0 Å². The number of hydrogen-bond acceptors (Lipinski definition) is 5. The fraction of sp³-hybridized carbons (Fsp3) is 0.250. The van der Waals surface area contributed by atoms with Crippen LogP contribution in [0.5, 0.6) is 5.75 Å². The zero-order valence-corrected chi connectivity index (χ0v) is 22.6. The van der Waals surface area contributed by atoms with Gasteiger partial charge in [0.05, 0.1) is 21.3 Å². The SMILES string of the molecule is Cc1cc(OCc2c(C(C)C)nnn2-c2c(Cl)cccc2Cl)ccc1N(C)Cc1cccc(C(=O)O)c1. The first-order valence-electron chi connectivity index (χ1n) is 11.8. The molecule has 4 rings (SSSR count). The molecule has 0 aliphatic carbocycles. The van der Waals surface area contributed by atoms with Crippen LogP contribution in [0, 0.1) is 6.92 Å². The number of carboxylic acid groups (broad SMARTS) is 1. The minimum absolute atomic E-state index is 0.131. The summed E-state index contributed by atoms with van der Waals surface area (Å²) in [7, 11) is 1.97. The largest absolute Gasteiger partial charge is 0.487 e. The molecule has 4 aromatic rings. The minimum Gasteiger partial charge on any atom is -0.487 e. The summed E-state index contributed by atoms with van der Waals surface area (Å²) in [6.45, 7) is 6.92. The maximum absolute atomic E-state index is 11.3. The lowest BCUT2D eigenvalue weighted by Crippen LogP contribution is -2.17. The highest BCUT2D eigenvalue weighted by atomic mass is 35.5. The van der Waals surface area contributed by atoms with Crippen molar-refractivity contribution in [2.45, 2.75) is 39.8 Å². The zero-order chi connectivity index (χ0) is 26.7. The Bertz CT molecular complexity index is 1410. The van der Waals surface area contributed by atoms with Gasteiger partial charge >= 0.3 is 5.97 Å². The van der Waals surface area contributed by atoms with Crippen LogP contribution in [-0.2, 0) is 13.2 Å². The molecule has 0 aliphatic rings. The van der Waals surface area contributed by atoms with Crippen molar-refractivity contribution in [3.05, 3.63) is 98.8 Å². The highest BCUT2D eigenvalue weighted by Crippen LogP contribution is 2.32. The molecule has 0 aliphatic heterocycles. The molecule has 192 valence electrons. The van der Waals surface area contributed by atoms with Gasteiger partial charge in [-0.3, -0.25) is 0 Å². The molecule has 0 unspecified atom stereocenters. The third-order valence-electron chi connectivity index (χ3n) is 6.04. The van der Waals surface area contributed by atoms with Crippen LogP contribution in [0.15, 0.2) is 60.7 Å². The van der Waals surface area contributed by atoms with Crippen molar-refractivity contribution < 1.29 is 14.6 Å². The summed E-state index contributed by atoms with van der Waals surface area (Å²) in [5.74, 6) is -0.0996. The third-order valence-corrected chi connectivity index (χ3v) is 6.65. The number of nitrogens with zero attached hydrogens (tertiary/aromatic N) is 4. The highest BCUT2D eigenvalue weighted by molar-refractivity contribution is 6.37. The van der Waals surface area contributed by atoms with E-state index in [4.69, 9.17) is 27.9 Å². The molecule has 1 N–H and O–H groups in total. The standard InChI is InChI=1S/C28H28Cl2N4O3/c1-17(2)26-25(34(32-31-26)27-22(29)9-6-10-23(27)30)16-37-21-11-12-24(18(3)13-21)33(4)15-19-7-5-8-20(14-19)28(35)36/h5-14,17H,15-16H2,1-4H3,(H,35,36). The molecular formula is C28H28Cl2N4O3. The molecule has 0 amide bonds. The second-order valence-electron chi connectivity index (χ2n) is 9.16. The molecule has 1 aromatic heterocycles. The number of para-hydroxylation sites is 1. The van der Waals surface area contributed by atoms with E-state index in [-0.39, 0.29) is 18.1 Å². The smallest absolute Gasteiger partial charge is 0.335 e. The average Bonchev–Trinajstić information content (AvgIpc) is 3.26. The van der Waals surface area contributed by atoms with E-state index in [1.54, 1.807) is 41.1 Å². The summed E-state index contributed by atoms with van der Waals surface area (Å²) in [6.07, 6.45) is 0. The number of anilines is 1. The molecule has 0 bridgehead atoms. The second-order valence-corrected chi connectivity index (χ2v) is 9.97. The Hall–Kier alpha value is -3.55.